The van der Waals surface area contributed by atoms with E-state index in [1.807, 2.05) is 6.07 Å². The lowest BCUT2D eigenvalue weighted by Gasteiger charge is -2.09. The van der Waals surface area contributed by atoms with Crippen LogP contribution in [-0.4, -0.2) is 14.5 Å². The molecular formula is C18H13F3IN3O. The van der Waals surface area contributed by atoms with Crippen molar-refractivity contribution in [1.82, 2.24) is 14.5 Å². The Balaban J connectivity index is 1.93. The minimum atomic E-state index is -4.43. The molecule has 2 aromatic heterocycles. The number of alkyl halides is 4. The Kier molecular flexibility index (Phi) is 5.03. The molecule has 0 aliphatic carbocycles. The van der Waals surface area contributed by atoms with Gasteiger partial charge < -0.3 is 4.98 Å². The molecule has 3 aromatic rings. The van der Waals surface area contributed by atoms with E-state index < -0.39 is 11.7 Å². The van der Waals surface area contributed by atoms with Gasteiger partial charge in [-0.15, -0.1) is 0 Å². The van der Waals surface area contributed by atoms with Crippen molar-refractivity contribution >= 4 is 28.2 Å². The third-order valence-electron chi connectivity index (χ3n) is 3.77. The van der Waals surface area contributed by atoms with Gasteiger partial charge in [0.15, 0.2) is 5.82 Å². The molecule has 0 spiro atoms. The van der Waals surface area contributed by atoms with Gasteiger partial charge in [0.05, 0.1) is 5.56 Å². The van der Waals surface area contributed by atoms with Gasteiger partial charge in [-0.05, 0) is 29.3 Å². The van der Waals surface area contributed by atoms with Gasteiger partial charge in [-0.1, -0.05) is 41.3 Å². The van der Waals surface area contributed by atoms with Gasteiger partial charge in [-0.3, -0.25) is 9.36 Å². The summed E-state index contributed by atoms with van der Waals surface area (Å²) in [6.45, 7) is 3.83. The molecule has 134 valence electrons. The summed E-state index contributed by atoms with van der Waals surface area (Å²) in [5.41, 5.74) is 0.513. The lowest BCUT2D eigenvalue weighted by Crippen LogP contribution is -2.17. The molecule has 8 heteroatoms. The molecule has 0 unspecified atom stereocenters. The number of aromatic amines is 1. The molecule has 0 bridgehead atoms. The molecule has 0 amide bonds. The monoisotopic (exact) mass is 471 g/mol. The predicted molar refractivity (Wildman–Crippen MR) is 101 cm³/mol. The van der Waals surface area contributed by atoms with Crippen molar-refractivity contribution in [1.29, 1.82) is 0 Å². The van der Waals surface area contributed by atoms with Crippen LogP contribution in [0.1, 0.15) is 22.5 Å². The van der Waals surface area contributed by atoms with E-state index in [1.165, 1.54) is 29.0 Å². The molecule has 0 aliphatic rings. The summed E-state index contributed by atoms with van der Waals surface area (Å²) in [4.78, 5) is 19.3. The molecule has 0 atom stereocenters. The molecule has 1 N–H and O–H groups in total. The van der Waals surface area contributed by atoms with Crippen molar-refractivity contribution in [3.8, 4) is 5.82 Å². The molecule has 1 aromatic carbocycles. The standard InChI is InChI=1S/C18H13F3IN3O/c1-11(13-3-2-4-14(8-13)18(19,20)21)17-23-10-15(24-17)25-6-5-12(9-22)7-16(25)26/h2-8,10H,1,9H2,(H,23,24). The van der Waals surface area contributed by atoms with E-state index in [-0.39, 0.29) is 5.56 Å². The smallest absolute Gasteiger partial charge is 0.343 e. The summed E-state index contributed by atoms with van der Waals surface area (Å²) >= 11 is 2.16. The van der Waals surface area contributed by atoms with Crippen LogP contribution in [0.4, 0.5) is 13.2 Å². The normalized spacial score (nSPS) is 11.5. The fraction of sp³-hybridized carbons (Fsp3) is 0.111. The van der Waals surface area contributed by atoms with Crippen molar-refractivity contribution < 1.29 is 13.2 Å². The van der Waals surface area contributed by atoms with E-state index in [9.17, 15) is 18.0 Å². The second-order valence-electron chi connectivity index (χ2n) is 5.54. The van der Waals surface area contributed by atoms with Crippen LogP contribution < -0.4 is 5.56 Å². The number of nitrogens with one attached hydrogen (secondary N) is 1. The number of pyridine rings is 1. The lowest BCUT2D eigenvalue weighted by molar-refractivity contribution is -0.137. The average Bonchev–Trinajstić information content (AvgIpc) is 3.10. The van der Waals surface area contributed by atoms with Gasteiger partial charge in [0.2, 0.25) is 0 Å². The minimum absolute atomic E-state index is 0.234. The SMILES string of the molecule is C=C(c1cccc(C(F)(F)F)c1)c1nc(-n2ccc(CI)cc2=O)c[nH]1. The maximum absolute atomic E-state index is 12.9. The molecule has 0 aliphatic heterocycles. The van der Waals surface area contributed by atoms with E-state index in [4.69, 9.17) is 0 Å². The lowest BCUT2D eigenvalue weighted by atomic mass is 10.0. The summed E-state index contributed by atoms with van der Waals surface area (Å²) in [6.07, 6.45) is -1.30. The van der Waals surface area contributed by atoms with Crippen LogP contribution in [0.2, 0.25) is 0 Å². The van der Waals surface area contributed by atoms with Crippen molar-refractivity contribution in [2.24, 2.45) is 0 Å². The van der Waals surface area contributed by atoms with Gasteiger partial charge >= 0.3 is 6.18 Å². The van der Waals surface area contributed by atoms with Gasteiger partial charge in [0.1, 0.15) is 5.82 Å². The number of aromatic nitrogens is 3. The van der Waals surface area contributed by atoms with Gasteiger partial charge in [-0.2, -0.15) is 13.2 Å². The summed E-state index contributed by atoms with van der Waals surface area (Å²) in [7, 11) is 0. The first kappa shape index (κ1) is 18.4. The summed E-state index contributed by atoms with van der Waals surface area (Å²) < 4.78 is 40.7. The average molecular weight is 471 g/mol. The molecule has 0 radical (unpaired) electrons. The molecule has 4 nitrogen and oxygen atoms in total. The first-order chi connectivity index (χ1) is 12.3. The molecule has 3 rings (SSSR count). The molecule has 0 saturated heterocycles. The summed E-state index contributed by atoms with van der Waals surface area (Å²) in [5.74, 6) is 0.641. The maximum atomic E-state index is 12.9. The highest BCUT2D eigenvalue weighted by Gasteiger charge is 2.30. The Morgan fingerprint density at radius 1 is 1.27 bits per heavy atom. The Morgan fingerprint density at radius 2 is 2.04 bits per heavy atom. The van der Waals surface area contributed by atoms with Gasteiger partial charge in [0, 0.05) is 28.5 Å². The fourth-order valence-electron chi connectivity index (χ4n) is 2.40. The molecule has 26 heavy (non-hydrogen) atoms. The van der Waals surface area contributed by atoms with Crippen LogP contribution in [-0.2, 0) is 10.6 Å². The topological polar surface area (TPSA) is 50.7 Å². The first-order valence-corrected chi connectivity index (χ1v) is 9.02. The van der Waals surface area contributed by atoms with E-state index >= 15 is 0 Å². The second kappa shape index (κ2) is 7.10. The third-order valence-corrected chi connectivity index (χ3v) is 4.65. The zero-order valence-corrected chi connectivity index (χ0v) is 15.5. The molecular weight excluding hydrogens is 458 g/mol. The van der Waals surface area contributed by atoms with Crippen molar-refractivity contribution in [3.63, 3.8) is 0 Å². The Labute approximate surface area is 160 Å². The van der Waals surface area contributed by atoms with Crippen LogP contribution in [0.25, 0.3) is 11.4 Å². The number of rotatable bonds is 4. The van der Waals surface area contributed by atoms with E-state index in [0.29, 0.717) is 27.2 Å². The number of hydrogen-bond donors (Lipinski definition) is 1. The van der Waals surface area contributed by atoms with Crippen molar-refractivity contribution in [2.75, 3.05) is 0 Å². The van der Waals surface area contributed by atoms with E-state index in [1.54, 1.807) is 6.20 Å². The van der Waals surface area contributed by atoms with E-state index in [0.717, 1.165) is 17.7 Å². The largest absolute Gasteiger partial charge is 0.416 e. The first-order valence-electron chi connectivity index (χ1n) is 7.50. The van der Waals surface area contributed by atoms with Gasteiger partial charge in [-0.25, -0.2) is 4.98 Å². The van der Waals surface area contributed by atoms with Crippen LogP contribution in [0.5, 0.6) is 0 Å². The molecule has 0 fully saturated rings. The highest BCUT2D eigenvalue weighted by Crippen LogP contribution is 2.31. The molecule has 0 saturated carbocycles. The highest BCUT2D eigenvalue weighted by molar-refractivity contribution is 14.1. The third kappa shape index (κ3) is 3.74. The number of halogens is 4. The minimum Gasteiger partial charge on any atom is -0.343 e. The van der Waals surface area contributed by atoms with Crippen LogP contribution in [0.3, 0.4) is 0 Å². The van der Waals surface area contributed by atoms with Crippen LogP contribution >= 0.6 is 22.6 Å². The number of hydrogen-bond acceptors (Lipinski definition) is 2. The summed E-state index contributed by atoms with van der Waals surface area (Å²) in [6, 6.07) is 8.19. The zero-order valence-electron chi connectivity index (χ0n) is 13.3. The highest BCUT2D eigenvalue weighted by atomic mass is 127. The maximum Gasteiger partial charge on any atom is 0.416 e. The zero-order chi connectivity index (χ0) is 18.9. The van der Waals surface area contributed by atoms with Crippen molar-refractivity contribution in [2.45, 2.75) is 10.6 Å². The van der Waals surface area contributed by atoms with Gasteiger partial charge in [0.25, 0.3) is 5.56 Å². The number of nitrogens with zero attached hydrogens (tertiary/aromatic N) is 2. The Morgan fingerprint density at radius 3 is 2.69 bits per heavy atom. The fourth-order valence-corrected chi connectivity index (χ4v) is 2.88. The predicted octanol–water partition coefficient (Wildman–Crippen LogP) is 4.58. The Bertz CT molecular complexity index is 1020. The van der Waals surface area contributed by atoms with Crippen LogP contribution in [0.15, 0.2) is 60.2 Å². The molecule has 2 heterocycles. The summed E-state index contributed by atoms with van der Waals surface area (Å²) in [5, 5.41) is 0. The second-order valence-corrected chi connectivity index (χ2v) is 6.30. The number of benzene rings is 1. The Hall–Kier alpha value is -2.36. The number of H-pyrrole nitrogens is 1. The van der Waals surface area contributed by atoms with Crippen molar-refractivity contribution in [3.05, 3.63) is 88.2 Å². The number of imidazole rings is 1. The van der Waals surface area contributed by atoms with Crippen LogP contribution in [0, 0.1) is 0 Å². The quantitative estimate of drug-likeness (QED) is 0.448. The van der Waals surface area contributed by atoms with E-state index in [2.05, 4.69) is 39.1 Å².